The Morgan fingerprint density at radius 2 is 2.11 bits per heavy atom. The van der Waals surface area contributed by atoms with Gasteiger partial charge in [-0.2, -0.15) is 0 Å². The van der Waals surface area contributed by atoms with Crippen molar-refractivity contribution in [2.24, 2.45) is 0 Å². The standard InChI is InChI=1S/C20H13FN2O4/c1-3-26-18-7-12-6-17(27-16(12)8-14(18)21)13-4-11(10-24)5-15-20(13)22-9-19(23-15)25-2/h1,4-9,24H,10H2,2H3. The lowest BCUT2D eigenvalue weighted by Gasteiger charge is -2.07. The van der Waals surface area contributed by atoms with E-state index in [-0.39, 0.29) is 12.4 Å². The van der Waals surface area contributed by atoms with Crippen LogP contribution in [0.2, 0.25) is 0 Å². The monoisotopic (exact) mass is 364 g/mol. The summed E-state index contributed by atoms with van der Waals surface area (Å²) in [5, 5.41) is 10.2. The molecular weight excluding hydrogens is 351 g/mol. The molecule has 0 spiro atoms. The average Bonchev–Trinajstić information content (AvgIpc) is 3.09. The van der Waals surface area contributed by atoms with E-state index in [4.69, 9.17) is 20.3 Å². The van der Waals surface area contributed by atoms with Crippen LogP contribution in [0.5, 0.6) is 11.6 Å². The van der Waals surface area contributed by atoms with E-state index >= 15 is 0 Å². The molecule has 7 heteroatoms. The van der Waals surface area contributed by atoms with Gasteiger partial charge in [-0.05, 0) is 29.8 Å². The van der Waals surface area contributed by atoms with Crippen molar-refractivity contribution in [1.82, 2.24) is 9.97 Å². The SMILES string of the molecule is C#COc1cc2cc(-c3cc(CO)cc4nc(OC)cnc34)oc2cc1F. The first-order valence-electron chi connectivity index (χ1n) is 7.93. The van der Waals surface area contributed by atoms with Crippen LogP contribution >= 0.6 is 0 Å². The highest BCUT2D eigenvalue weighted by atomic mass is 19.1. The minimum absolute atomic E-state index is 0.0594. The van der Waals surface area contributed by atoms with Crippen molar-refractivity contribution >= 4 is 22.0 Å². The molecule has 0 aliphatic rings. The molecule has 4 aromatic rings. The maximum atomic E-state index is 14.0. The first-order chi connectivity index (χ1) is 13.1. The average molecular weight is 364 g/mol. The molecule has 0 atom stereocenters. The highest BCUT2D eigenvalue weighted by molar-refractivity contribution is 5.94. The summed E-state index contributed by atoms with van der Waals surface area (Å²) in [6.45, 7) is -0.184. The van der Waals surface area contributed by atoms with Gasteiger partial charge in [0.2, 0.25) is 5.88 Å². The summed E-state index contributed by atoms with van der Waals surface area (Å²) in [7, 11) is 1.50. The van der Waals surface area contributed by atoms with Crippen molar-refractivity contribution in [3.63, 3.8) is 0 Å². The van der Waals surface area contributed by atoms with Crippen LogP contribution in [0, 0.1) is 18.3 Å². The van der Waals surface area contributed by atoms with Crippen LogP contribution in [0.1, 0.15) is 5.56 Å². The predicted octanol–water partition coefficient (Wildman–Crippen LogP) is 3.65. The van der Waals surface area contributed by atoms with Crippen molar-refractivity contribution in [2.45, 2.75) is 6.61 Å². The number of fused-ring (bicyclic) bond motifs is 2. The third-order valence-corrected chi connectivity index (χ3v) is 4.08. The fourth-order valence-electron chi connectivity index (χ4n) is 2.86. The van der Waals surface area contributed by atoms with Gasteiger partial charge in [0.05, 0.1) is 30.9 Å². The van der Waals surface area contributed by atoms with Gasteiger partial charge in [0, 0.05) is 17.0 Å². The second-order valence-corrected chi connectivity index (χ2v) is 5.73. The highest BCUT2D eigenvalue weighted by Crippen LogP contribution is 2.35. The van der Waals surface area contributed by atoms with Gasteiger partial charge < -0.3 is 19.0 Å². The van der Waals surface area contributed by atoms with Crippen molar-refractivity contribution in [3.8, 4) is 35.5 Å². The van der Waals surface area contributed by atoms with Gasteiger partial charge in [-0.15, -0.1) is 0 Å². The topological polar surface area (TPSA) is 77.6 Å². The van der Waals surface area contributed by atoms with Crippen molar-refractivity contribution < 1.29 is 23.4 Å². The molecule has 0 bridgehead atoms. The fourth-order valence-corrected chi connectivity index (χ4v) is 2.86. The van der Waals surface area contributed by atoms with E-state index in [2.05, 4.69) is 9.97 Å². The number of ether oxygens (including phenoxy) is 2. The number of terminal acetylenes is 1. The van der Waals surface area contributed by atoms with E-state index in [0.29, 0.717) is 44.8 Å². The zero-order valence-electron chi connectivity index (χ0n) is 14.2. The predicted molar refractivity (Wildman–Crippen MR) is 96.6 cm³/mol. The lowest BCUT2D eigenvalue weighted by Crippen LogP contribution is -1.94. The summed E-state index contributed by atoms with van der Waals surface area (Å²) >= 11 is 0. The Bertz CT molecular complexity index is 1210. The summed E-state index contributed by atoms with van der Waals surface area (Å²) in [5.74, 6) is 0.115. The number of hydrogen-bond donors (Lipinski definition) is 1. The smallest absolute Gasteiger partial charge is 0.232 e. The molecule has 0 aliphatic carbocycles. The largest absolute Gasteiger partial charge is 0.480 e. The van der Waals surface area contributed by atoms with Crippen LogP contribution in [0.4, 0.5) is 4.39 Å². The first-order valence-corrected chi connectivity index (χ1v) is 7.93. The molecule has 134 valence electrons. The lowest BCUT2D eigenvalue weighted by atomic mass is 10.1. The minimum atomic E-state index is -0.625. The van der Waals surface area contributed by atoms with E-state index < -0.39 is 5.82 Å². The third kappa shape index (κ3) is 2.92. The molecule has 27 heavy (non-hydrogen) atoms. The third-order valence-electron chi connectivity index (χ3n) is 4.08. The van der Waals surface area contributed by atoms with Gasteiger partial charge in [0.25, 0.3) is 0 Å². The molecule has 0 saturated carbocycles. The number of aliphatic hydroxyl groups excluding tert-OH is 1. The number of hydrogen-bond acceptors (Lipinski definition) is 6. The number of aromatic nitrogens is 2. The Balaban J connectivity index is 1.94. The Labute approximate surface area is 153 Å². The molecule has 0 unspecified atom stereocenters. The maximum absolute atomic E-state index is 14.0. The lowest BCUT2D eigenvalue weighted by molar-refractivity contribution is 0.282. The van der Waals surface area contributed by atoms with Crippen LogP contribution in [0.3, 0.4) is 0 Å². The molecule has 6 nitrogen and oxygen atoms in total. The van der Waals surface area contributed by atoms with E-state index in [1.807, 2.05) is 6.11 Å². The molecule has 0 amide bonds. The molecular formula is C20H13FN2O4. The zero-order valence-corrected chi connectivity index (χ0v) is 14.2. The Morgan fingerprint density at radius 1 is 1.26 bits per heavy atom. The van der Waals surface area contributed by atoms with Gasteiger partial charge in [0.1, 0.15) is 17.4 Å². The Morgan fingerprint density at radius 3 is 2.85 bits per heavy atom. The first kappa shape index (κ1) is 16.8. The summed E-state index contributed by atoms with van der Waals surface area (Å²) in [6, 6.07) is 7.86. The Kier molecular flexibility index (Phi) is 4.11. The van der Waals surface area contributed by atoms with Gasteiger partial charge in [-0.3, -0.25) is 0 Å². The van der Waals surface area contributed by atoms with E-state index in [0.717, 1.165) is 0 Å². The van der Waals surface area contributed by atoms with E-state index in [9.17, 15) is 9.50 Å². The van der Waals surface area contributed by atoms with Gasteiger partial charge in [-0.25, -0.2) is 14.4 Å². The van der Waals surface area contributed by atoms with Crippen LogP contribution < -0.4 is 9.47 Å². The molecule has 1 N–H and O–H groups in total. The Hall–Kier alpha value is -3.63. The van der Waals surface area contributed by atoms with E-state index in [1.54, 1.807) is 18.2 Å². The fraction of sp³-hybridized carbons (Fsp3) is 0.100. The summed E-state index contributed by atoms with van der Waals surface area (Å²) in [6.07, 6.45) is 8.52. The van der Waals surface area contributed by atoms with Gasteiger partial charge in [-0.1, -0.05) is 6.42 Å². The van der Waals surface area contributed by atoms with Crippen LogP contribution in [0.25, 0.3) is 33.3 Å². The minimum Gasteiger partial charge on any atom is -0.480 e. The molecule has 2 aromatic heterocycles. The second kappa shape index (κ2) is 6.59. The van der Waals surface area contributed by atoms with Gasteiger partial charge >= 0.3 is 0 Å². The van der Waals surface area contributed by atoms with Crippen molar-refractivity contribution in [1.29, 1.82) is 0 Å². The normalized spacial score (nSPS) is 10.9. The zero-order chi connectivity index (χ0) is 19.0. The summed E-state index contributed by atoms with van der Waals surface area (Å²) in [4.78, 5) is 8.74. The highest BCUT2D eigenvalue weighted by Gasteiger charge is 2.16. The number of halogens is 1. The molecule has 0 aliphatic heterocycles. The number of benzene rings is 2. The number of furan rings is 1. The van der Waals surface area contributed by atoms with Crippen LogP contribution in [-0.2, 0) is 6.61 Å². The number of nitrogens with zero attached hydrogens (tertiary/aromatic N) is 2. The number of methoxy groups -OCH3 is 1. The number of aliphatic hydroxyl groups is 1. The molecule has 2 aromatic carbocycles. The van der Waals surface area contributed by atoms with Gasteiger partial charge in [0.15, 0.2) is 11.6 Å². The van der Waals surface area contributed by atoms with Crippen molar-refractivity contribution in [3.05, 3.63) is 47.9 Å². The molecule has 0 radical (unpaired) electrons. The molecule has 0 saturated heterocycles. The van der Waals surface area contributed by atoms with E-state index in [1.165, 1.54) is 25.4 Å². The molecule has 2 heterocycles. The van der Waals surface area contributed by atoms with Crippen LogP contribution in [-0.4, -0.2) is 22.2 Å². The molecule has 0 fully saturated rings. The second-order valence-electron chi connectivity index (χ2n) is 5.73. The van der Waals surface area contributed by atoms with Crippen molar-refractivity contribution in [2.75, 3.05) is 7.11 Å². The van der Waals surface area contributed by atoms with Crippen LogP contribution in [0.15, 0.2) is 40.9 Å². The summed E-state index contributed by atoms with van der Waals surface area (Å²) < 4.78 is 29.8. The molecule has 4 rings (SSSR count). The number of rotatable bonds is 4. The summed E-state index contributed by atoms with van der Waals surface area (Å²) in [5.41, 5.74) is 2.67. The quantitative estimate of drug-likeness (QED) is 0.557. The maximum Gasteiger partial charge on any atom is 0.232 e.